The number of amides is 1. The lowest BCUT2D eigenvalue weighted by Gasteiger charge is -2.11. The van der Waals surface area contributed by atoms with Crippen LogP contribution in [0.25, 0.3) is 0 Å². The van der Waals surface area contributed by atoms with E-state index in [0.29, 0.717) is 6.54 Å². The molecule has 1 amide bonds. The summed E-state index contributed by atoms with van der Waals surface area (Å²) in [5.74, 6) is -1.33. The summed E-state index contributed by atoms with van der Waals surface area (Å²) >= 11 is 0. The lowest BCUT2D eigenvalue weighted by molar-refractivity contribution is -0.385. The Morgan fingerprint density at radius 3 is 2.89 bits per heavy atom. The number of anilines is 1. The number of hydrogen-bond acceptors (Lipinski definition) is 6. The molecular weight excluding hydrogens is 256 g/mol. The van der Waals surface area contributed by atoms with Crippen LogP contribution in [0.5, 0.6) is 0 Å². The number of carbonyl (C=O) groups excluding carboxylic acids is 1. The molecule has 1 aliphatic heterocycles. The molecule has 100 valence electrons. The van der Waals surface area contributed by atoms with Gasteiger partial charge in [-0.3, -0.25) is 14.9 Å². The topological polar surface area (TPSA) is 134 Å². The predicted octanol–water partition coefficient (Wildman–Crippen LogP) is -0.0116. The van der Waals surface area contributed by atoms with Crippen LogP contribution in [0, 0.1) is 10.1 Å². The first-order valence-corrected chi connectivity index (χ1v) is 5.38. The molecule has 1 aromatic rings. The van der Waals surface area contributed by atoms with Crippen molar-refractivity contribution in [3.05, 3.63) is 27.9 Å². The number of hydrogen-bond donors (Lipinski definition) is 3. The maximum absolute atomic E-state index is 11.0. The van der Waals surface area contributed by atoms with E-state index in [9.17, 15) is 19.7 Å². The van der Waals surface area contributed by atoms with Gasteiger partial charge >= 0.3 is 11.7 Å². The van der Waals surface area contributed by atoms with E-state index in [4.69, 9.17) is 5.11 Å². The average molecular weight is 266 g/mol. The molecule has 2 heterocycles. The van der Waals surface area contributed by atoms with Gasteiger partial charge in [0.15, 0.2) is 0 Å². The minimum atomic E-state index is -1.40. The largest absolute Gasteiger partial charge is 0.477 e. The monoisotopic (exact) mass is 266 g/mol. The number of nitro groups is 1. The third kappa shape index (κ3) is 2.76. The van der Waals surface area contributed by atoms with Crippen LogP contribution in [-0.4, -0.2) is 39.5 Å². The molecule has 3 N–H and O–H groups in total. The summed E-state index contributed by atoms with van der Waals surface area (Å²) < 4.78 is 0. The van der Waals surface area contributed by atoms with E-state index in [0.717, 1.165) is 12.3 Å². The summed E-state index contributed by atoms with van der Waals surface area (Å²) in [4.78, 5) is 35.6. The van der Waals surface area contributed by atoms with Crippen molar-refractivity contribution in [1.29, 1.82) is 0 Å². The van der Waals surface area contributed by atoms with Gasteiger partial charge in [-0.1, -0.05) is 0 Å². The van der Waals surface area contributed by atoms with Crippen molar-refractivity contribution in [2.45, 2.75) is 12.5 Å². The Morgan fingerprint density at radius 1 is 1.63 bits per heavy atom. The molecule has 1 unspecified atom stereocenters. The average Bonchev–Trinajstić information content (AvgIpc) is 2.74. The Hall–Kier alpha value is -2.71. The van der Waals surface area contributed by atoms with Crippen LogP contribution in [0.1, 0.15) is 16.8 Å². The van der Waals surface area contributed by atoms with Gasteiger partial charge in [0.25, 0.3) is 0 Å². The van der Waals surface area contributed by atoms with Crippen molar-refractivity contribution in [2.24, 2.45) is 0 Å². The fourth-order valence-electron chi connectivity index (χ4n) is 1.76. The maximum atomic E-state index is 11.0. The van der Waals surface area contributed by atoms with Gasteiger partial charge in [0, 0.05) is 19.0 Å². The van der Waals surface area contributed by atoms with E-state index in [1.807, 2.05) is 0 Å². The molecule has 1 atom stereocenters. The molecule has 0 saturated carbocycles. The third-order valence-electron chi connectivity index (χ3n) is 2.64. The van der Waals surface area contributed by atoms with Crippen molar-refractivity contribution in [3.8, 4) is 0 Å². The molecule has 1 aliphatic rings. The molecule has 9 nitrogen and oxygen atoms in total. The second-order valence-corrected chi connectivity index (χ2v) is 4.00. The van der Waals surface area contributed by atoms with Crippen molar-refractivity contribution in [2.75, 3.05) is 11.9 Å². The quantitative estimate of drug-likeness (QED) is 0.515. The molecular formula is C10H10N4O5. The van der Waals surface area contributed by atoms with Gasteiger partial charge < -0.3 is 15.7 Å². The summed E-state index contributed by atoms with van der Waals surface area (Å²) in [6.07, 6.45) is 1.14. The van der Waals surface area contributed by atoms with Crippen LogP contribution in [0.4, 0.5) is 11.5 Å². The Labute approximate surface area is 106 Å². The van der Waals surface area contributed by atoms with Crippen molar-refractivity contribution in [1.82, 2.24) is 10.3 Å². The number of carbonyl (C=O) groups is 2. The minimum Gasteiger partial charge on any atom is -0.477 e. The number of nitrogens with zero attached hydrogens (tertiary/aromatic N) is 2. The Morgan fingerprint density at radius 2 is 2.37 bits per heavy atom. The van der Waals surface area contributed by atoms with Crippen molar-refractivity contribution >= 4 is 23.4 Å². The highest BCUT2D eigenvalue weighted by atomic mass is 16.6. The molecule has 2 rings (SSSR count). The molecule has 0 bridgehead atoms. The highest BCUT2D eigenvalue weighted by Gasteiger charge is 2.24. The number of nitrogens with one attached hydrogen (secondary N) is 2. The number of aromatic carboxylic acids is 1. The first kappa shape index (κ1) is 12.7. The molecule has 1 fully saturated rings. The molecule has 1 saturated heterocycles. The summed E-state index contributed by atoms with van der Waals surface area (Å²) in [5, 5.41) is 25.0. The Kier molecular flexibility index (Phi) is 3.27. The van der Waals surface area contributed by atoms with E-state index < -0.39 is 22.1 Å². The van der Waals surface area contributed by atoms with Gasteiger partial charge in [0.05, 0.1) is 11.0 Å². The molecule has 0 aliphatic carbocycles. The van der Waals surface area contributed by atoms with E-state index in [-0.39, 0.29) is 24.2 Å². The molecule has 0 aromatic carbocycles. The zero-order chi connectivity index (χ0) is 14.0. The fourth-order valence-corrected chi connectivity index (χ4v) is 1.76. The van der Waals surface area contributed by atoms with Gasteiger partial charge in [0.1, 0.15) is 17.6 Å². The lowest BCUT2D eigenvalue weighted by atomic mass is 10.2. The van der Waals surface area contributed by atoms with Crippen LogP contribution in [0.15, 0.2) is 12.3 Å². The summed E-state index contributed by atoms with van der Waals surface area (Å²) in [5.41, 5.74) is -1.02. The van der Waals surface area contributed by atoms with Crippen LogP contribution in [0.2, 0.25) is 0 Å². The van der Waals surface area contributed by atoms with Gasteiger partial charge in [-0.05, 0) is 0 Å². The fraction of sp³-hybridized carbons (Fsp3) is 0.300. The number of rotatable bonds is 4. The number of carboxylic acid groups (broad SMARTS) is 1. The zero-order valence-corrected chi connectivity index (χ0v) is 9.62. The van der Waals surface area contributed by atoms with Gasteiger partial charge in [0.2, 0.25) is 5.91 Å². The van der Waals surface area contributed by atoms with E-state index >= 15 is 0 Å². The van der Waals surface area contributed by atoms with Crippen LogP contribution < -0.4 is 10.6 Å². The highest BCUT2D eigenvalue weighted by molar-refractivity contribution is 5.93. The molecule has 0 radical (unpaired) electrons. The van der Waals surface area contributed by atoms with Crippen LogP contribution >= 0.6 is 0 Å². The standard InChI is InChI=1S/C10H10N4O5/c15-9-1-5(3-12-9)13-8-2-6(10(16)17)7(4-11-8)14(18)19/h2,4-5H,1,3H2,(H,11,13)(H,12,15)(H,16,17). The summed E-state index contributed by atoms with van der Waals surface area (Å²) in [6, 6.07) is 0.881. The van der Waals surface area contributed by atoms with E-state index in [2.05, 4.69) is 15.6 Å². The molecule has 19 heavy (non-hydrogen) atoms. The first-order valence-electron chi connectivity index (χ1n) is 5.38. The van der Waals surface area contributed by atoms with Crippen molar-refractivity contribution in [3.63, 3.8) is 0 Å². The van der Waals surface area contributed by atoms with Crippen molar-refractivity contribution < 1.29 is 19.6 Å². The second kappa shape index (κ2) is 4.88. The maximum Gasteiger partial charge on any atom is 0.342 e. The SMILES string of the molecule is O=C1CC(Nc2cc(C(=O)O)c([N+](=O)[O-])cn2)CN1. The molecule has 9 heteroatoms. The first-order chi connectivity index (χ1) is 8.97. The minimum absolute atomic E-state index is 0.113. The molecule has 0 spiro atoms. The second-order valence-electron chi connectivity index (χ2n) is 4.00. The van der Waals surface area contributed by atoms with Crippen LogP contribution in [0.3, 0.4) is 0 Å². The van der Waals surface area contributed by atoms with Gasteiger partial charge in [-0.2, -0.15) is 0 Å². The zero-order valence-electron chi connectivity index (χ0n) is 9.62. The lowest BCUT2D eigenvalue weighted by Crippen LogP contribution is -2.23. The van der Waals surface area contributed by atoms with Gasteiger partial charge in [-0.15, -0.1) is 0 Å². The van der Waals surface area contributed by atoms with E-state index in [1.165, 1.54) is 0 Å². The van der Waals surface area contributed by atoms with E-state index in [1.54, 1.807) is 0 Å². The van der Waals surface area contributed by atoms with Crippen LogP contribution in [-0.2, 0) is 4.79 Å². The number of carboxylic acids is 1. The smallest absolute Gasteiger partial charge is 0.342 e. The summed E-state index contributed by atoms with van der Waals surface area (Å²) in [7, 11) is 0. The summed E-state index contributed by atoms with van der Waals surface area (Å²) in [6.45, 7) is 0.403. The Bertz CT molecular complexity index is 559. The third-order valence-corrected chi connectivity index (χ3v) is 2.64. The normalized spacial score (nSPS) is 17.9. The predicted molar refractivity (Wildman–Crippen MR) is 62.9 cm³/mol. The number of pyridine rings is 1. The van der Waals surface area contributed by atoms with Gasteiger partial charge in [-0.25, -0.2) is 9.78 Å². The number of aromatic nitrogens is 1. The Balaban J connectivity index is 2.23. The molecule has 1 aromatic heterocycles. The highest BCUT2D eigenvalue weighted by Crippen LogP contribution is 2.21.